The minimum atomic E-state index is -0.671. The second kappa shape index (κ2) is 8.56. The molecule has 0 unspecified atom stereocenters. The number of ether oxygens (including phenoxy) is 3. The Balaban J connectivity index is 1.63. The van der Waals surface area contributed by atoms with Crippen molar-refractivity contribution in [2.24, 2.45) is 0 Å². The zero-order chi connectivity index (χ0) is 17.4. The third kappa shape index (κ3) is 5.64. The molecule has 0 saturated heterocycles. The number of esters is 1. The largest absolute Gasteiger partial charge is 0.497 e. The van der Waals surface area contributed by atoms with Gasteiger partial charge in [0, 0.05) is 12.6 Å². The minimum Gasteiger partial charge on any atom is -0.497 e. The SMILES string of the molecule is COc1ccc(CNC(=O)COC(=O)COc2cc(C)on2)cc1. The minimum absolute atomic E-state index is 0.188. The summed E-state index contributed by atoms with van der Waals surface area (Å²) in [5, 5.41) is 6.21. The molecule has 0 aliphatic heterocycles. The average Bonchev–Trinajstić information content (AvgIpc) is 3.02. The van der Waals surface area contributed by atoms with Gasteiger partial charge in [0.1, 0.15) is 11.5 Å². The van der Waals surface area contributed by atoms with Gasteiger partial charge in [-0.15, -0.1) is 0 Å². The molecule has 0 bridgehead atoms. The van der Waals surface area contributed by atoms with Crippen LogP contribution >= 0.6 is 0 Å². The van der Waals surface area contributed by atoms with Crippen molar-refractivity contribution in [3.8, 4) is 11.6 Å². The summed E-state index contributed by atoms with van der Waals surface area (Å²) < 4.78 is 19.7. The molecule has 24 heavy (non-hydrogen) atoms. The average molecular weight is 334 g/mol. The highest BCUT2D eigenvalue weighted by atomic mass is 16.6. The highest BCUT2D eigenvalue weighted by Gasteiger charge is 2.10. The van der Waals surface area contributed by atoms with Crippen molar-refractivity contribution < 1.29 is 28.3 Å². The summed E-state index contributed by atoms with van der Waals surface area (Å²) in [5.41, 5.74) is 0.903. The van der Waals surface area contributed by atoms with Gasteiger partial charge >= 0.3 is 5.97 Å². The Morgan fingerprint density at radius 2 is 1.96 bits per heavy atom. The van der Waals surface area contributed by atoms with Crippen LogP contribution in [0.4, 0.5) is 0 Å². The molecule has 1 heterocycles. The number of rotatable bonds is 8. The van der Waals surface area contributed by atoms with E-state index >= 15 is 0 Å². The Kier molecular flexibility index (Phi) is 6.18. The van der Waals surface area contributed by atoms with E-state index < -0.39 is 11.9 Å². The van der Waals surface area contributed by atoms with Gasteiger partial charge in [-0.2, -0.15) is 0 Å². The number of nitrogens with one attached hydrogen (secondary N) is 1. The van der Waals surface area contributed by atoms with Crippen LogP contribution in [0.5, 0.6) is 11.6 Å². The normalized spacial score (nSPS) is 10.1. The Morgan fingerprint density at radius 1 is 1.21 bits per heavy atom. The van der Waals surface area contributed by atoms with Gasteiger partial charge in [-0.25, -0.2) is 4.79 Å². The lowest BCUT2D eigenvalue weighted by molar-refractivity contribution is -0.150. The molecule has 8 heteroatoms. The first-order valence-electron chi connectivity index (χ1n) is 7.18. The number of carbonyl (C=O) groups excluding carboxylic acids is 2. The van der Waals surface area contributed by atoms with Crippen molar-refractivity contribution in [1.82, 2.24) is 10.5 Å². The Hall–Kier alpha value is -3.03. The summed E-state index contributed by atoms with van der Waals surface area (Å²) in [6, 6.07) is 8.79. The van der Waals surface area contributed by atoms with E-state index in [0.717, 1.165) is 11.3 Å². The molecule has 0 spiro atoms. The maximum atomic E-state index is 11.6. The van der Waals surface area contributed by atoms with E-state index in [1.165, 1.54) is 6.07 Å². The second-order valence-electron chi connectivity index (χ2n) is 4.85. The molecule has 1 aromatic heterocycles. The number of aryl methyl sites for hydroxylation is 1. The fraction of sp³-hybridized carbons (Fsp3) is 0.312. The molecular weight excluding hydrogens is 316 g/mol. The summed E-state index contributed by atoms with van der Waals surface area (Å²) in [4.78, 5) is 23.1. The molecule has 0 atom stereocenters. The Bertz CT molecular complexity index is 680. The van der Waals surface area contributed by atoms with E-state index in [1.807, 2.05) is 12.1 Å². The van der Waals surface area contributed by atoms with Gasteiger partial charge in [-0.05, 0) is 29.8 Å². The number of hydrogen-bond donors (Lipinski definition) is 1. The first-order chi connectivity index (χ1) is 11.6. The summed E-state index contributed by atoms with van der Waals surface area (Å²) in [6.07, 6.45) is 0. The van der Waals surface area contributed by atoms with E-state index in [1.54, 1.807) is 26.2 Å². The number of methoxy groups -OCH3 is 1. The second-order valence-corrected chi connectivity index (χ2v) is 4.85. The van der Waals surface area contributed by atoms with Crippen LogP contribution in [0.25, 0.3) is 0 Å². The molecule has 1 aromatic carbocycles. The van der Waals surface area contributed by atoms with E-state index in [4.69, 9.17) is 18.7 Å². The smallest absolute Gasteiger partial charge is 0.344 e. The van der Waals surface area contributed by atoms with Gasteiger partial charge in [-0.1, -0.05) is 12.1 Å². The van der Waals surface area contributed by atoms with E-state index in [9.17, 15) is 9.59 Å². The van der Waals surface area contributed by atoms with Gasteiger partial charge in [0.2, 0.25) is 0 Å². The van der Waals surface area contributed by atoms with E-state index in [-0.39, 0.29) is 19.1 Å². The third-order valence-corrected chi connectivity index (χ3v) is 2.96. The first kappa shape index (κ1) is 17.3. The molecule has 1 amide bonds. The molecular formula is C16H18N2O6. The van der Waals surface area contributed by atoms with Crippen LogP contribution in [0.3, 0.4) is 0 Å². The Labute approximate surface area is 138 Å². The summed E-state index contributed by atoms with van der Waals surface area (Å²) >= 11 is 0. The lowest BCUT2D eigenvalue weighted by Gasteiger charge is -2.07. The zero-order valence-corrected chi connectivity index (χ0v) is 13.4. The van der Waals surface area contributed by atoms with Crippen molar-refractivity contribution >= 4 is 11.9 Å². The van der Waals surface area contributed by atoms with Crippen molar-refractivity contribution in [3.63, 3.8) is 0 Å². The molecule has 0 fully saturated rings. The van der Waals surface area contributed by atoms with Crippen molar-refractivity contribution in [2.75, 3.05) is 20.3 Å². The number of carbonyl (C=O) groups is 2. The molecule has 8 nitrogen and oxygen atoms in total. The number of aromatic nitrogens is 1. The fourth-order valence-corrected chi connectivity index (χ4v) is 1.73. The summed E-state index contributed by atoms with van der Waals surface area (Å²) in [6.45, 7) is 1.30. The highest BCUT2D eigenvalue weighted by Crippen LogP contribution is 2.11. The van der Waals surface area contributed by atoms with Crippen LogP contribution in [-0.2, 0) is 20.9 Å². The van der Waals surface area contributed by atoms with Crippen molar-refractivity contribution in [3.05, 3.63) is 41.7 Å². The number of hydrogen-bond acceptors (Lipinski definition) is 7. The fourth-order valence-electron chi connectivity index (χ4n) is 1.73. The number of benzene rings is 1. The lowest BCUT2D eigenvalue weighted by Crippen LogP contribution is -2.29. The van der Waals surface area contributed by atoms with Gasteiger partial charge in [-0.3, -0.25) is 4.79 Å². The van der Waals surface area contributed by atoms with Crippen LogP contribution in [0.2, 0.25) is 0 Å². The van der Waals surface area contributed by atoms with Crippen molar-refractivity contribution in [2.45, 2.75) is 13.5 Å². The predicted molar refractivity (Wildman–Crippen MR) is 82.5 cm³/mol. The van der Waals surface area contributed by atoms with Crippen LogP contribution in [0, 0.1) is 6.92 Å². The summed E-state index contributed by atoms with van der Waals surface area (Å²) in [5.74, 6) is 0.415. The predicted octanol–water partition coefficient (Wildman–Crippen LogP) is 1.23. The third-order valence-electron chi connectivity index (χ3n) is 2.96. The maximum absolute atomic E-state index is 11.6. The molecule has 0 aliphatic rings. The zero-order valence-electron chi connectivity index (χ0n) is 13.4. The molecule has 2 rings (SSSR count). The quantitative estimate of drug-likeness (QED) is 0.725. The van der Waals surface area contributed by atoms with Gasteiger partial charge in [0.25, 0.3) is 11.8 Å². The van der Waals surface area contributed by atoms with Crippen LogP contribution in [0.15, 0.2) is 34.9 Å². The molecule has 0 aliphatic carbocycles. The maximum Gasteiger partial charge on any atom is 0.344 e. The molecule has 128 valence electrons. The van der Waals surface area contributed by atoms with Gasteiger partial charge in [0.05, 0.1) is 7.11 Å². The van der Waals surface area contributed by atoms with Crippen LogP contribution in [-0.4, -0.2) is 37.4 Å². The molecule has 0 radical (unpaired) electrons. The van der Waals surface area contributed by atoms with Crippen molar-refractivity contribution in [1.29, 1.82) is 0 Å². The monoisotopic (exact) mass is 334 g/mol. The van der Waals surface area contributed by atoms with Gasteiger partial charge < -0.3 is 24.1 Å². The number of amides is 1. The standard InChI is InChI=1S/C16H18N2O6/c1-11-7-15(18-24-11)22-10-16(20)23-9-14(19)17-8-12-3-5-13(21-2)6-4-12/h3-7H,8-10H2,1-2H3,(H,17,19). The summed E-state index contributed by atoms with van der Waals surface area (Å²) in [7, 11) is 1.58. The molecule has 2 aromatic rings. The van der Waals surface area contributed by atoms with Crippen LogP contribution < -0.4 is 14.8 Å². The van der Waals surface area contributed by atoms with E-state index in [2.05, 4.69) is 10.5 Å². The molecule has 1 N–H and O–H groups in total. The topological polar surface area (TPSA) is 99.9 Å². The first-order valence-corrected chi connectivity index (χ1v) is 7.18. The lowest BCUT2D eigenvalue weighted by atomic mass is 10.2. The number of nitrogens with zero attached hydrogens (tertiary/aromatic N) is 1. The van der Waals surface area contributed by atoms with E-state index in [0.29, 0.717) is 12.3 Å². The Morgan fingerprint density at radius 3 is 2.58 bits per heavy atom. The van der Waals surface area contributed by atoms with Crippen LogP contribution in [0.1, 0.15) is 11.3 Å². The van der Waals surface area contributed by atoms with Gasteiger partial charge in [0.15, 0.2) is 13.2 Å². The highest BCUT2D eigenvalue weighted by molar-refractivity contribution is 5.80. The molecule has 0 saturated carbocycles.